The highest BCUT2D eigenvalue weighted by Crippen LogP contribution is 2.34. The van der Waals surface area contributed by atoms with Gasteiger partial charge in [0.05, 0.1) is 49.8 Å². The molecular weight excluding hydrogens is 1160 g/mol. The lowest BCUT2D eigenvalue weighted by atomic mass is 9.97. The van der Waals surface area contributed by atoms with Gasteiger partial charge < -0.3 is 87.8 Å². The topological polar surface area (TPSA) is 162 Å². The molecule has 0 aromatic rings. The quantitative estimate of drug-likeness (QED) is 0.245. The number of aliphatic hydroxyl groups excluding tert-OH is 2. The number of ketones is 1. The average molecular weight is 1310 g/mol. The van der Waals surface area contributed by atoms with Crippen molar-refractivity contribution in [2.24, 2.45) is 5.92 Å². The van der Waals surface area contributed by atoms with E-state index in [1.165, 1.54) is 149 Å². The lowest BCUT2D eigenvalue weighted by Crippen LogP contribution is -2.32. The Morgan fingerprint density at radius 3 is 1.46 bits per heavy atom. The number of likely N-dealkylation sites (tertiary alicyclic amines) is 9. The lowest BCUT2D eigenvalue weighted by molar-refractivity contribution is -0.178. The number of carbonyl (C=O) groups is 1. The maximum Gasteiger partial charge on any atom is 0.170 e. The van der Waals surface area contributed by atoms with Crippen molar-refractivity contribution in [3.8, 4) is 0 Å². The van der Waals surface area contributed by atoms with Gasteiger partial charge in [0.15, 0.2) is 11.6 Å². The second kappa shape index (κ2) is 48.6. The highest BCUT2D eigenvalue weighted by atomic mass is 16.7. The summed E-state index contributed by atoms with van der Waals surface area (Å²) in [7, 11) is 23.0. The second-order valence-corrected chi connectivity index (χ2v) is 30.3. The van der Waals surface area contributed by atoms with Crippen LogP contribution in [0.5, 0.6) is 0 Å². The Morgan fingerprint density at radius 2 is 0.880 bits per heavy atom. The number of rotatable bonds is 3. The third kappa shape index (κ3) is 40.1. The monoisotopic (exact) mass is 1310 g/mol. The predicted molar refractivity (Wildman–Crippen MR) is 379 cm³/mol. The van der Waals surface area contributed by atoms with Gasteiger partial charge >= 0.3 is 0 Å². The van der Waals surface area contributed by atoms with Crippen LogP contribution in [0.2, 0.25) is 0 Å². The SMILES string of the molecule is CC1CCCN(C)CC1.CN1CCCC(=O)CC1.CN1CCCC(C)(O)CC1.CN1CCCC(O)CC1.CN1CCCC2(CC1)OCC(CO)O2.CN1CCCC2(CC1)OCCO2.CN1CCCCCC1.COC1(C)CCCN(C)CC1.COC1CCCN(C)CC1. The van der Waals surface area contributed by atoms with E-state index in [0.717, 1.165) is 168 Å². The Kier molecular flexibility index (Phi) is 45.0. The van der Waals surface area contributed by atoms with Crippen LogP contribution < -0.4 is 0 Å². The first-order valence-corrected chi connectivity index (χ1v) is 37.3. The fourth-order valence-corrected chi connectivity index (χ4v) is 13.6. The van der Waals surface area contributed by atoms with Crippen molar-refractivity contribution in [2.75, 3.05) is 222 Å². The van der Waals surface area contributed by atoms with Crippen LogP contribution in [-0.2, 0) is 33.2 Å². The van der Waals surface area contributed by atoms with Gasteiger partial charge in [-0.05, 0) is 284 Å². The Labute approximate surface area is 565 Å². The third-order valence-corrected chi connectivity index (χ3v) is 20.9. The van der Waals surface area contributed by atoms with Crippen molar-refractivity contribution < 1.29 is 48.5 Å². The highest BCUT2D eigenvalue weighted by molar-refractivity contribution is 5.78. The second-order valence-electron chi connectivity index (χ2n) is 30.3. The van der Waals surface area contributed by atoms with E-state index in [1.54, 1.807) is 0 Å². The number of carbonyl (C=O) groups excluding carboxylic acids is 1. The first-order valence-electron chi connectivity index (χ1n) is 37.3. The molecule has 11 rings (SSSR count). The summed E-state index contributed by atoms with van der Waals surface area (Å²) < 4.78 is 33.6. The van der Waals surface area contributed by atoms with Gasteiger partial charge in [0.1, 0.15) is 11.9 Å². The summed E-state index contributed by atoms with van der Waals surface area (Å²) in [6, 6.07) is 0. The fraction of sp³-hybridized carbons (Fsp3) is 0.986. The minimum absolute atomic E-state index is 0.0325. The summed E-state index contributed by atoms with van der Waals surface area (Å²) in [5.74, 6) is 0.803. The zero-order valence-electron chi connectivity index (χ0n) is 62.4. The average Bonchev–Trinajstić information content (AvgIpc) is 1.74. The molecule has 0 aromatic carbocycles. The summed E-state index contributed by atoms with van der Waals surface area (Å²) in [4.78, 5) is 31.8. The first-order chi connectivity index (χ1) is 43.9. The molecule has 2 spiro atoms. The summed E-state index contributed by atoms with van der Waals surface area (Å²) in [6.45, 7) is 29.6. The van der Waals surface area contributed by atoms with Crippen LogP contribution in [0.1, 0.15) is 201 Å². The molecule has 0 amide bonds. The van der Waals surface area contributed by atoms with Gasteiger partial charge in [-0.15, -0.1) is 0 Å². The minimum Gasteiger partial charge on any atom is -0.394 e. The molecule has 11 fully saturated rings. The van der Waals surface area contributed by atoms with E-state index in [-0.39, 0.29) is 30.2 Å². The van der Waals surface area contributed by atoms with Crippen molar-refractivity contribution in [2.45, 2.75) is 242 Å². The van der Waals surface area contributed by atoms with E-state index in [4.69, 9.17) is 33.5 Å². The van der Waals surface area contributed by atoms with Crippen molar-refractivity contribution in [3.05, 3.63) is 0 Å². The van der Waals surface area contributed by atoms with Crippen molar-refractivity contribution in [1.82, 2.24) is 44.1 Å². The number of aliphatic hydroxyl groups is 3. The van der Waals surface area contributed by atoms with Crippen LogP contribution in [0.15, 0.2) is 0 Å². The Balaban J connectivity index is 0.000000271. The Bertz CT molecular complexity index is 1760. The number of nitrogens with zero attached hydrogens (tertiary/aromatic N) is 9. The maximum atomic E-state index is 10.8. The van der Waals surface area contributed by atoms with Crippen molar-refractivity contribution in [1.29, 1.82) is 0 Å². The molecule has 19 heteroatoms. The molecule has 7 atom stereocenters. The summed E-state index contributed by atoms with van der Waals surface area (Å²) in [5, 5.41) is 27.8. The molecule has 11 aliphatic heterocycles. The third-order valence-electron chi connectivity index (χ3n) is 20.9. The molecule has 0 aliphatic carbocycles. The van der Waals surface area contributed by atoms with Crippen LogP contribution in [0, 0.1) is 5.92 Å². The maximum absolute atomic E-state index is 10.8. The number of ether oxygens (including phenoxy) is 6. The Hall–Kier alpha value is -1.05. The van der Waals surface area contributed by atoms with E-state index in [1.807, 2.05) is 21.1 Å². The standard InChI is InChI=1S/C10H19NO3.C9H17NO2.C9H19NO.2C8H17NO.C8H17N.C7H15NO.C7H13NO.C7H15N/c1-11-5-2-3-10(4-6-11)13-8-9(7-12)14-10;1-10-5-2-3-9(4-6-10)11-7-8-12-9;1-9(11-3)5-4-7-10(2)8-6-9;1-9-6-3-4-8(10-2)5-7-9;1-8(10)4-3-6-9(2)7-5-8;1-8-4-3-6-9(2)7-5-8;2*1-8-5-2-3-7(9)4-6-8;1-8-6-4-2-3-5-7-8/h9,12H,2-8H2,1H3;2-8H2,1H3;4-8H2,1-3H3;8H,3-7H2,1-2H3;10H,3-7H2,1-2H3;8H,3-7H2,1-2H3;7,9H,2-6H2,1H3;2-6H2,1H3;2-7H2,1H3. The molecule has 3 N–H and O–H groups in total. The summed E-state index contributed by atoms with van der Waals surface area (Å²) >= 11 is 0. The van der Waals surface area contributed by atoms with Crippen molar-refractivity contribution >= 4 is 5.78 Å². The molecule has 0 saturated carbocycles. The van der Waals surface area contributed by atoms with Crippen LogP contribution in [0.25, 0.3) is 0 Å². The minimum atomic E-state index is -0.398. The largest absolute Gasteiger partial charge is 0.394 e. The van der Waals surface area contributed by atoms with Crippen LogP contribution in [0.3, 0.4) is 0 Å². The number of hydrogen-bond donors (Lipinski definition) is 3. The smallest absolute Gasteiger partial charge is 0.170 e. The predicted octanol–water partition coefficient (Wildman–Crippen LogP) is 8.89. The van der Waals surface area contributed by atoms with Gasteiger partial charge in [-0.1, -0.05) is 19.8 Å². The molecule has 0 aromatic heterocycles. The molecule has 11 heterocycles. The molecule has 546 valence electrons. The number of methoxy groups -OCH3 is 2. The molecule has 0 bridgehead atoms. The van der Waals surface area contributed by atoms with Crippen molar-refractivity contribution in [3.63, 3.8) is 0 Å². The number of hydrogen-bond acceptors (Lipinski definition) is 19. The fourth-order valence-electron chi connectivity index (χ4n) is 13.6. The van der Waals surface area contributed by atoms with Gasteiger partial charge in [0.2, 0.25) is 0 Å². The molecule has 19 nitrogen and oxygen atoms in total. The van der Waals surface area contributed by atoms with Crippen LogP contribution in [0.4, 0.5) is 0 Å². The molecule has 11 saturated heterocycles. The molecular formula is C73H149N9O10. The zero-order valence-corrected chi connectivity index (χ0v) is 62.4. The Morgan fingerprint density at radius 1 is 0.435 bits per heavy atom. The highest BCUT2D eigenvalue weighted by Gasteiger charge is 2.42. The van der Waals surface area contributed by atoms with E-state index in [0.29, 0.717) is 18.5 Å². The lowest BCUT2D eigenvalue weighted by Gasteiger charge is -2.26. The van der Waals surface area contributed by atoms with E-state index < -0.39 is 11.4 Å². The molecule has 7 unspecified atom stereocenters. The van der Waals surface area contributed by atoms with Gasteiger partial charge in [-0.25, -0.2) is 0 Å². The summed E-state index contributed by atoms with van der Waals surface area (Å²) in [5.41, 5.74) is -0.254. The molecule has 11 aliphatic rings. The van der Waals surface area contributed by atoms with E-state index >= 15 is 0 Å². The van der Waals surface area contributed by atoms with Gasteiger partial charge in [-0.3, -0.25) is 4.79 Å². The molecule has 92 heavy (non-hydrogen) atoms. The van der Waals surface area contributed by atoms with Gasteiger partial charge in [0.25, 0.3) is 0 Å². The summed E-state index contributed by atoms with van der Waals surface area (Å²) in [6.07, 6.45) is 32.7. The molecule has 0 radical (unpaired) electrons. The first kappa shape index (κ1) is 85.2. The van der Waals surface area contributed by atoms with Gasteiger partial charge in [0, 0.05) is 98.6 Å². The number of Topliss-reactive ketones (excluding diaryl/α,β-unsaturated/α-hetero) is 1. The van der Waals surface area contributed by atoms with E-state index in [2.05, 4.69) is 121 Å². The van der Waals surface area contributed by atoms with Crippen LogP contribution >= 0.6 is 0 Å². The zero-order chi connectivity index (χ0) is 67.7. The van der Waals surface area contributed by atoms with E-state index in [9.17, 15) is 15.0 Å². The normalized spacial score (nSPS) is 32.5. The van der Waals surface area contributed by atoms with Crippen LogP contribution in [-0.4, -0.2) is 328 Å². The van der Waals surface area contributed by atoms with Gasteiger partial charge in [-0.2, -0.15) is 0 Å².